The van der Waals surface area contributed by atoms with E-state index in [1.54, 1.807) is 0 Å². The van der Waals surface area contributed by atoms with Gasteiger partial charge in [-0.25, -0.2) is 4.39 Å². The molecule has 198 valence electrons. The number of rotatable bonds is 8. The predicted octanol–water partition coefficient (Wildman–Crippen LogP) is 4.00. The maximum atomic E-state index is 14.4. The summed E-state index contributed by atoms with van der Waals surface area (Å²) in [5.41, 5.74) is -2.29. The Labute approximate surface area is 204 Å². The van der Waals surface area contributed by atoms with Crippen LogP contribution >= 0.6 is 0 Å². The van der Waals surface area contributed by atoms with Gasteiger partial charge in [0.05, 0.1) is 19.8 Å². The second-order valence-electron chi connectivity index (χ2n) is 8.78. The van der Waals surface area contributed by atoms with Gasteiger partial charge in [0.25, 0.3) is 5.91 Å². The molecular formula is C24H27F5N2O5. The van der Waals surface area contributed by atoms with Gasteiger partial charge < -0.3 is 24.6 Å². The smallest absolute Gasteiger partial charge is 0.417 e. The van der Waals surface area contributed by atoms with Crippen molar-refractivity contribution < 1.29 is 46.1 Å². The predicted molar refractivity (Wildman–Crippen MR) is 119 cm³/mol. The fourth-order valence-electron chi connectivity index (χ4n) is 4.41. The van der Waals surface area contributed by atoms with Gasteiger partial charge in [0.2, 0.25) is 5.82 Å². The molecule has 5 atom stereocenters. The van der Waals surface area contributed by atoms with Gasteiger partial charge >= 0.3 is 6.18 Å². The molecule has 36 heavy (non-hydrogen) atoms. The van der Waals surface area contributed by atoms with Crippen molar-refractivity contribution in [2.24, 2.45) is 5.92 Å². The first kappa shape index (κ1) is 27.8. The highest BCUT2D eigenvalue weighted by molar-refractivity contribution is 5.95. The highest BCUT2D eigenvalue weighted by Crippen LogP contribution is 2.55. The molecule has 7 nitrogen and oxygen atoms in total. The largest absolute Gasteiger partial charge is 0.493 e. The van der Waals surface area contributed by atoms with E-state index in [1.807, 2.05) is 0 Å². The third kappa shape index (κ3) is 5.30. The number of aliphatic hydroxyl groups is 1. The standard InChI is InChI=1S/C24H27F5N2O5/c1-12-18(16-5-6-17(25)19(26)20(16)35-4)21(36-23(12,2)24(27,28)29)22(33)31-13-7-8-30-14(9-13)10-15(32)11-34-3/h5-9,12,15,18,21,32H,10-11H2,1-4H3,(H,30,31,33)/t12-,15-,18-,21+,23+/m0/s1. The summed E-state index contributed by atoms with van der Waals surface area (Å²) < 4.78 is 85.6. The molecule has 0 radical (unpaired) electrons. The fourth-order valence-corrected chi connectivity index (χ4v) is 4.41. The number of carbonyl (C=O) groups excluding carboxylic acids is 1. The number of nitrogens with zero attached hydrogens (tertiary/aromatic N) is 1. The monoisotopic (exact) mass is 518 g/mol. The lowest BCUT2D eigenvalue weighted by Gasteiger charge is -2.32. The number of anilines is 1. The molecule has 0 unspecified atom stereocenters. The average Bonchev–Trinajstić information content (AvgIpc) is 3.08. The third-order valence-electron chi connectivity index (χ3n) is 6.46. The minimum atomic E-state index is -4.87. The third-order valence-corrected chi connectivity index (χ3v) is 6.46. The van der Waals surface area contributed by atoms with Gasteiger partial charge in [-0.2, -0.15) is 17.6 Å². The first-order chi connectivity index (χ1) is 16.8. The van der Waals surface area contributed by atoms with Crippen molar-refractivity contribution in [2.45, 2.75) is 50.2 Å². The number of amides is 1. The Kier molecular flexibility index (Phi) is 8.21. The Morgan fingerprint density at radius 3 is 2.58 bits per heavy atom. The van der Waals surface area contributed by atoms with Crippen LogP contribution in [0, 0.1) is 17.6 Å². The SMILES string of the molecule is COC[C@@H](O)Cc1cc(NC(=O)[C@@H]2O[C@@](C)(C(F)(F)F)[C@@H](C)[C@H]2c2ccc(F)c(F)c2OC)ccn1. The summed E-state index contributed by atoms with van der Waals surface area (Å²) in [5, 5.41) is 12.4. The Morgan fingerprint density at radius 2 is 1.97 bits per heavy atom. The molecule has 1 aromatic heterocycles. The molecule has 1 fully saturated rings. The summed E-state index contributed by atoms with van der Waals surface area (Å²) in [6.07, 6.45) is -5.98. The van der Waals surface area contributed by atoms with Crippen molar-refractivity contribution in [3.63, 3.8) is 0 Å². The Balaban J connectivity index is 1.98. The average molecular weight is 518 g/mol. The van der Waals surface area contributed by atoms with E-state index in [0.29, 0.717) is 5.69 Å². The number of alkyl halides is 3. The van der Waals surface area contributed by atoms with Crippen molar-refractivity contribution in [1.82, 2.24) is 4.98 Å². The molecule has 1 saturated heterocycles. The summed E-state index contributed by atoms with van der Waals surface area (Å²) in [6.45, 7) is 2.10. The number of aromatic nitrogens is 1. The van der Waals surface area contributed by atoms with E-state index in [0.717, 1.165) is 26.2 Å². The molecule has 2 heterocycles. The molecule has 2 aromatic rings. The number of nitrogens with one attached hydrogen (secondary N) is 1. The number of aliphatic hydroxyl groups excluding tert-OH is 1. The second kappa shape index (κ2) is 10.7. The van der Waals surface area contributed by atoms with E-state index in [9.17, 15) is 31.9 Å². The summed E-state index contributed by atoms with van der Waals surface area (Å²) in [6, 6.07) is 4.72. The van der Waals surface area contributed by atoms with Crippen molar-refractivity contribution in [3.05, 3.63) is 53.4 Å². The van der Waals surface area contributed by atoms with Crippen molar-refractivity contribution >= 4 is 11.6 Å². The number of benzene rings is 1. The van der Waals surface area contributed by atoms with Gasteiger partial charge in [0, 0.05) is 48.5 Å². The number of ether oxygens (including phenoxy) is 3. The van der Waals surface area contributed by atoms with Crippen LogP contribution in [-0.2, 0) is 20.7 Å². The number of hydrogen-bond acceptors (Lipinski definition) is 6. The first-order valence-corrected chi connectivity index (χ1v) is 11.0. The summed E-state index contributed by atoms with van der Waals surface area (Å²) in [5.74, 6) is -6.85. The Hall–Kier alpha value is -2.83. The zero-order valence-corrected chi connectivity index (χ0v) is 20.0. The van der Waals surface area contributed by atoms with Crippen LogP contribution < -0.4 is 10.1 Å². The summed E-state index contributed by atoms with van der Waals surface area (Å²) >= 11 is 0. The van der Waals surface area contributed by atoms with Crippen LogP contribution in [0.2, 0.25) is 0 Å². The van der Waals surface area contributed by atoms with Crippen molar-refractivity contribution in [1.29, 1.82) is 0 Å². The summed E-state index contributed by atoms with van der Waals surface area (Å²) in [7, 11) is 2.47. The molecule has 3 rings (SSSR count). The molecule has 1 aliphatic rings. The molecule has 1 amide bonds. The van der Waals surface area contributed by atoms with Gasteiger partial charge in [0.1, 0.15) is 6.10 Å². The molecule has 0 aliphatic carbocycles. The van der Waals surface area contributed by atoms with Crippen LogP contribution in [0.1, 0.15) is 31.0 Å². The fraction of sp³-hybridized carbons (Fsp3) is 0.500. The van der Waals surface area contributed by atoms with E-state index in [4.69, 9.17) is 14.2 Å². The molecule has 2 N–H and O–H groups in total. The van der Waals surface area contributed by atoms with Gasteiger partial charge in [0.15, 0.2) is 17.2 Å². The Bertz CT molecular complexity index is 1100. The minimum Gasteiger partial charge on any atom is -0.493 e. The second-order valence-corrected chi connectivity index (χ2v) is 8.78. The van der Waals surface area contributed by atoms with Crippen LogP contribution in [0.25, 0.3) is 0 Å². The van der Waals surface area contributed by atoms with Gasteiger partial charge in [-0.1, -0.05) is 13.0 Å². The van der Waals surface area contributed by atoms with Gasteiger partial charge in [-0.15, -0.1) is 0 Å². The number of hydrogen-bond donors (Lipinski definition) is 2. The lowest BCUT2D eigenvalue weighted by atomic mass is 9.77. The number of pyridine rings is 1. The minimum absolute atomic E-state index is 0.0554. The van der Waals surface area contributed by atoms with Crippen molar-refractivity contribution in [3.8, 4) is 5.75 Å². The normalized spacial score (nSPS) is 25.0. The number of carbonyl (C=O) groups is 1. The molecule has 12 heteroatoms. The summed E-state index contributed by atoms with van der Waals surface area (Å²) in [4.78, 5) is 17.3. The van der Waals surface area contributed by atoms with Crippen LogP contribution in [0.4, 0.5) is 27.6 Å². The Morgan fingerprint density at radius 1 is 1.28 bits per heavy atom. The van der Waals surface area contributed by atoms with Gasteiger partial charge in [-0.05, 0) is 25.1 Å². The highest BCUT2D eigenvalue weighted by Gasteiger charge is 2.65. The van der Waals surface area contributed by atoms with E-state index < -0.39 is 59.1 Å². The van der Waals surface area contributed by atoms with E-state index in [-0.39, 0.29) is 24.3 Å². The van der Waals surface area contributed by atoms with Gasteiger partial charge in [-0.3, -0.25) is 9.78 Å². The zero-order chi connectivity index (χ0) is 26.8. The topological polar surface area (TPSA) is 89.9 Å². The maximum Gasteiger partial charge on any atom is 0.417 e. The lowest BCUT2D eigenvalue weighted by Crippen LogP contribution is -2.47. The van der Waals surface area contributed by atoms with Crippen LogP contribution in [0.3, 0.4) is 0 Å². The molecule has 0 spiro atoms. The zero-order valence-electron chi connectivity index (χ0n) is 20.0. The molecular weight excluding hydrogens is 491 g/mol. The van der Waals surface area contributed by atoms with Crippen LogP contribution in [0.5, 0.6) is 5.75 Å². The van der Waals surface area contributed by atoms with Crippen LogP contribution in [0.15, 0.2) is 30.5 Å². The van der Waals surface area contributed by atoms with E-state index in [2.05, 4.69) is 10.3 Å². The quantitative estimate of drug-likeness (QED) is 0.514. The molecule has 0 saturated carbocycles. The first-order valence-electron chi connectivity index (χ1n) is 11.0. The maximum absolute atomic E-state index is 14.4. The van der Waals surface area contributed by atoms with E-state index >= 15 is 0 Å². The molecule has 1 aliphatic heterocycles. The van der Waals surface area contributed by atoms with Crippen LogP contribution in [-0.4, -0.2) is 60.8 Å². The van der Waals surface area contributed by atoms with E-state index in [1.165, 1.54) is 32.4 Å². The number of methoxy groups -OCH3 is 2. The van der Waals surface area contributed by atoms with Crippen molar-refractivity contribution in [2.75, 3.05) is 26.1 Å². The highest BCUT2D eigenvalue weighted by atomic mass is 19.4. The number of halogens is 5. The molecule has 0 bridgehead atoms. The lowest BCUT2D eigenvalue weighted by molar-refractivity contribution is -0.272. The molecule has 1 aromatic carbocycles.